The molecule has 0 amide bonds. The van der Waals surface area contributed by atoms with Gasteiger partial charge in [-0.05, 0) is 29.7 Å². The second-order valence-electron chi connectivity index (χ2n) is 6.11. The van der Waals surface area contributed by atoms with E-state index in [1.807, 2.05) is 6.07 Å². The fraction of sp³-hybridized carbons (Fsp3) is 0.625. The lowest BCUT2D eigenvalue weighted by Gasteiger charge is -2.32. The van der Waals surface area contributed by atoms with Gasteiger partial charge in [-0.1, -0.05) is 33.8 Å². The number of fused-ring (bicyclic) bond motifs is 1. The number of benzene rings is 1. The zero-order valence-electron chi connectivity index (χ0n) is 12.5. The number of hydrogen-bond acceptors (Lipinski definition) is 3. The van der Waals surface area contributed by atoms with Crippen LogP contribution in [0.5, 0.6) is 11.5 Å². The summed E-state index contributed by atoms with van der Waals surface area (Å²) in [7, 11) is 0. The molecule has 0 aliphatic carbocycles. The van der Waals surface area contributed by atoms with Crippen LogP contribution in [0.3, 0.4) is 0 Å². The minimum Gasteiger partial charge on any atom is -0.490 e. The van der Waals surface area contributed by atoms with Gasteiger partial charge in [0.15, 0.2) is 11.5 Å². The van der Waals surface area contributed by atoms with Crippen LogP contribution in [0.25, 0.3) is 0 Å². The molecule has 0 saturated heterocycles. The van der Waals surface area contributed by atoms with E-state index in [1.54, 1.807) is 0 Å². The van der Waals surface area contributed by atoms with Gasteiger partial charge in [-0.3, -0.25) is 0 Å². The largest absolute Gasteiger partial charge is 0.490 e. The first-order chi connectivity index (χ1) is 9.02. The lowest BCUT2D eigenvalue weighted by atomic mass is 9.82. The summed E-state index contributed by atoms with van der Waals surface area (Å²) in [6.07, 6.45) is 0.944. The lowest BCUT2D eigenvalue weighted by Crippen LogP contribution is -2.32. The van der Waals surface area contributed by atoms with Gasteiger partial charge >= 0.3 is 0 Å². The minimum absolute atomic E-state index is 0.163. The Morgan fingerprint density at radius 3 is 2.47 bits per heavy atom. The van der Waals surface area contributed by atoms with Crippen LogP contribution in [-0.4, -0.2) is 19.8 Å². The van der Waals surface area contributed by atoms with E-state index >= 15 is 0 Å². The topological polar surface area (TPSA) is 30.5 Å². The fourth-order valence-electron chi connectivity index (χ4n) is 2.49. The molecule has 1 aliphatic heterocycles. The third-order valence-corrected chi connectivity index (χ3v) is 3.38. The number of rotatable bonds is 3. The Morgan fingerprint density at radius 2 is 1.84 bits per heavy atom. The predicted molar refractivity (Wildman–Crippen MR) is 77.9 cm³/mol. The molecule has 1 atom stereocenters. The van der Waals surface area contributed by atoms with E-state index in [2.05, 4.69) is 45.1 Å². The standard InChI is InChI=1S/C16H25NO2/c1-5-17-15(16(2,3)4)12-7-8-13-14(11-12)19-10-6-9-18-13/h7-8,11,15,17H,5-6,9-10H2,1-4H3. The molecule has 2 rings (SSSR count). The van der Waals surface area contributed by atoms with Gasteiger partial charge in [0.25, 0.3) is 0 Å². The third-order valence-electron chi connectivity index (χ3n) is 3.38. The zero-order chi connectivity index (χ0) is 13.9. The number of hydrogen-bond donors (Lipinski definition) is 1. The van der Waals surface area contributed by atoms with Gasteiger partial charge < -0.3 is 14.8 Å². The molecule has 0 saturated carbocycles. The molecule has 106 valence electrons. The molecular formula is C16H25NO2. The van der Waals surface area contributed by atoms with Crippen LogP contribution in [0.15, 0.2) is 18.2 Å². The molecule has 0 aromatic heterocycles. The molecular weight excluding hydrogens is 238 g/mol. The van der Waals surface area contributed by atoms with Crippen molar-refractivity contribution in [2.24, 2.45) is 5.41 Å². The molecule has 0 radical (unpaired) electrons. The van der Waals surface area contributed by atoms with Crippen LogP contribution in [0.1, 0.15) is 45.7 Å². The van der Waals surface area contributed by atoms with Crippen molar-refractivity contribution in [1.82, 2.24) is 5.32 Å². The molecule has 0 bridgehead atoms. The molecule has 1 aromatic carbocycles. The maximum absolute atomic E-state index is 5.78. The van der Waals surface area contributed by atoms with E-state index in [-0.39, 0.29) is 5.41 Å². The van der Waals surface area contributed by atoms with Gasteiger partial charge in [-0.15, -0.1) is 0 Å². The summed E-state index contributed by atoms with van der Waals surface area (Å²) in [5, 5.41) is 3.56. The highest BCUT2D eigenvalue weighted by Crippen LogP contribution is 2.38. The average Bonchev–Trinajstić information content (AvgIpc) is 2.58. The Balaban J connectivity index is 2.31. The van der Waals surface area contributed by atoms with Gasteiger partial charge in [0, 0.05) is 12.5 Å². The Hall–Kier alpha value is -1.22. The maximum Gasteiger partial charge on any atom is 0.161 e. The highest BCUT2D eigenvalue weighted by atomic mass is 16.5. The van der Waals surface area contributed by atoms with Crippen LogP contribution >= 0.6 is 0 Å². The first-order valence-electron chi connectivity index (χ1n) is 7.15. The SMILES string of the molecule is CCNC(c1ccc2c(c1)OCCCO2)C(C)(C)C. The van der Waals surface area contributed by atoms with E-state index in [4.69, 9.17) is 9.47 Å². The van der Waals surface area contributed by atoms with Gasteiger partial charge in [0.1, 0.15) is 0 Å². The molecule has 1 aliphatic rings. The Labute approximate surface area is 116 Å². The Kier molecular flexibility index (Phi) is 4.35. The molecule has 3 nitrogen and oxygen atoms in total. The van der Waals surface area contributed by atoms with Crippen molar-refractivity contribution < 1.29 is 9.47 Å². The summed E-state index contributed by atoms with van der Waals surface area (Å²) >= 11 is 0. The molecule has 1 heterocycles. The Bertz CT molecular complexity index is 423. The van der Waals surface area contributed by atoms with E-state index < -0.39 is 0 Å². The average molecular weight is 263 g/mol. The second-order valence-corrected chi connectivity index (χ2v) is 6.11. The van der Waals surface area contributed by atoms with E-state index in [9.17, 15) is 0 Å². The molecule has 19 heavy (non-hydrogen) atoms. The fourth-order valence-corrected chi connectivity index (χ4v) is 2.49. The van der Waals surface area contributed by atoms with E-state index in [0.717, 1.165) is 37.7 Å². The van der Waals surface area contributed by atoms with Gasteiger partial charge in [0.2, 0.25) is 0 Å². The molecule has 1 unspecified atom stereocenters. The van der Waals surface area contributed by atoms with Crippen LogP contribution < -0.4 is 14.8 Å². The zero-order valence-corrected chi connectivity index (χ0v) is 12.5. The first kappa shape index (κ1) is 14.2. The van der Waals surface area contributed by atoms with Crippen LogP contribution in [0, 0.1) is 5.41 Å². The smallest absolute Gasteiger partial charge is 0.161 e. The molecule has 1 N–H and O–H groups in total. The number of ether oxygens (including phenoxy) is 2. The van der Waals surface area contributed by atoms with Crippen LogP contribution in [0.2, 0.25) is 0 Å². The summed E-state index contributed by atoms with van der Waals surface area (Å²) in [6, 6.07) is 6.62. The molecule has 3 heteroatoms. The summed E-state index contributed by atoms with van der Waals surface area (Å²) in [4.78, 5) is 0. The summed E-state index contributed by atoms with van der Waals surface area (Å²) < 4.78 is 11.5. The van der Waals surface area contributed by atoms with Crippen molar-refractivity contribution in [3.8, 4) is 11.5 Å². The monoisotopic (exact) mass is 263 g/mol. The number of nitrogens with one attached hydrogen (secondary N) is 1. The predicted octanol–water partition coefficient (Wildman–Crippen LogP) is 3.54. The normalized spacial score (nSPS) is 16.8. The Morgan fingerprint density at radius 1 is 1.16 bits per heavy atom. The van der Waals surface area contributed by atoms with Crippen molar-refractivity contribution in [3.63, 3.8) is 0 Å². The highest BCUT2D eigenvalue weighted by molar-refractivity contribution is 5.44. The van der Waals surface area contributed by atoms with Gasteiger partial charge in [-0.25, -0.2) is 0 Å². The summed E-state index contributed by atoms with van der Waals surface area (Å²) in [5.41, 5.74) is 1.43. The highest BCUT2D eigenvalue weighted by Gasteiger charge is 2.26. The van der Waals surface area contributed by atoms with Crippen molar-refractivity contribution in [3.05, 3.63) is 23.8 Å². The van der Waals surface area contributed by atoms with Crippen molar-refractivity contribution >= 4 is 0 Å². The van der Waals surface area contributed by atoms with Crippen molar-refractivity contribution in [2.75, 3.05) is 19.8 Å². The lowest BCUT2D eigenvalue weighted by molar-refractivity contribution is 0.274. The second kappa shape index (κ2) is 5.83. The molecule has 0 fully saturated rings. The van der Waals surface area contributed by atoms with Crippen molar-refractivity contribution in [2.45, 2.75) is 40.2 Å². The van der Waals surface area contributed by atoms with Gasteiger partial charge in [-0.2, -0.15) is 0 Å². The van der Waals surface area contributed by atoms with E-state index in [0.29, 0.717) is 6.04 Å². The summed E-state index contributed by atoms with van der Waals surface area (Å²) in [6.45, 7) is 11.3. The quantitative estimate of drug-likeness (QED) is 0.904. The van der Waals surface area contributed by atoms with Crippen molar-refractivity contribution in [1.29, 1.82) is 0 Å². The molecule has 1 aromatic rings. The third kappa shape index (κ3) is 3.41. The van der Waals surface area contributed by atoms with E-state index in [1.165, 1.54) is 5.56 Å². The van der Waals surface area contributed by atoms with Crippen LogP contribution in [0.4, 0.5) is 0 Å². The van der Waals surface area contributed by atoms with Crippen LogP contribution in [-0.2, 0) is 0 Å². The van der Waals surface area contributed by atoms with Gasteiger partial charge in [0.05, 0.1) is 13.2 Å². The first-order valence-corrected chi connectivity index (χ1v) is 7.15. The molecule has 0 spiro atoms. The summed E-state index contributed by atoms with van der Waals surface area (Å²) in [5.74, 6) is 1.74. The maximum atomic E-state index is 5.78. The minimum atomic E-state index is 0.163.